The molecule has 0 aromatic carbocycles. The standard InChI is InChI=1S/C6H4FN3O/c7-4-1-2-10-3-5(11)9-6(10)8-4/h1-3,11H. The first kappa shape index (κ1) is 6.09. The van der Waals surface area contributed by atoms with E-state index in [1.165, 1.54) is 22.9 Å². The first-order chi connectivity index (χ1) is 5.25. The van der Waals surface area contributed by atoms with E-state index in [9.17, 15) is 4.39 Å². The molecule has 0 fully saturated rings. The molecule has 0 spiro atoms. The van der Waals surface area contributed by atoms with Gasteiger partial charge >= 0.3 is 0 Å². The predicted molar refractivity (Wildman–Crippen MR) is 34.6 cm³/mol. The van der Waals surface area contributed by atoms with Crippen LogP contribution in [0.25, 0.3) is 5.78 Å². The number of imidazole rings is 1. The lowest BCUT2D eigenvalue weighted by Crippen LogP contribution is -1.89. The smallest absolute Gasteiger partial charge is 0.239 e. The molecule has 0 aliphatic heterocycles. The second kappa shape index (κ2) is 1.91. The molecule has 0 saturated heterocycles. The zero-order valence-corrected chi connectivity index (χ0v) is 5.40. The summed E-state index contributed by atoms with van der Waals surface area (Å²) >= 11 is 0. The molecule has 0 aliphatic carbocycles. The maximum atomic E-state index is 12.4. The molecule has 2 heterocycles. The van der Waals surface area contributed by atoms with Crippen LogP contribution >= 0.6 is 0 Å². The van der Waals surface area contributed by atoms with Crippen LogP contribution in [-0.2, 0) is 0 Å². The highest BCUT2D eigenvalue weighted by Gasteiger charge is 2.00. The Bertz CT molecular complexity index is 398. The molecule has 0 unspecified atom stereocenters. The quantitative estimate of drug-likeness (QED) is 0.563. The molecule has 2 aromatic rings. The van der Waals surface area contributed by atoms with Gasteiger partial charge in [0.15, 0.2) is 0 Å². The molecule has 0 atom stereocenters. The summed E-state index contributed by atoms with van der Waals surface area (Å²) in [7, 11) is 0. The van der Waals surface area contributed by atoms with Gasteiger partial charge in [-0.15, -0.1) is 0 Å². The van der Waals surface area contributed by atoms with E-state index in [-0.39, 0.29) is 11.7 Å². The zero-order valence-electron chi connectivity index (χ0n) is 5.40. The Morgan fingerprint density at radius 1 is 1.45 bits per heavy atom. The molecule has 0 radical (unpaired) electrons. The van der Waals surface area contributed by atoms with Gasteiger partial charge in [0.2, 0.25) is 17.6 Å². The molecule has 1 N–H and O–H groups in total. The van der Waals surface area contributed by atoms with Crippen molar-refractivity contribution in [3.05, 3.63) is 24.4 Å². The van der Waals surface area contributed by atoms with E-state index >= 15 is 0 Å². The Morgan fingerprint density at radius 3 is 3.09 bits per heavy atom. The van der Waals surface area contributed by atoms with Crippen molar-refractivity contribution in [1.29, 1.82) is 0 Å². The minimum absolute atomic E-state index is 0.155. The van der Waals surface area contributed by atoms with Crippen LogP contribution in [0.2, 0.25) is 0 Å². The summed E-state index contributed by atoms with van der Waals surface area (Å²) in [5, 5.41) is 8.85. The molecule has 56 valence electrons. The fourth-order valence-electron chi connectivity index (χ4n) is 0.838. The molecule has 2 rings (SSSR count). The third-order valence-electron chi connectivity index (χ3n) is 1.28. The molecular formula is C6H4FN3O. The van der Waals surface area contributed by atoms with Crippen LogP contribution < -0.4 is 0 Å². The monoisotopic (exact) mass is 153 g/mol. The Kier molecular flexibility index (Phi) is 1.06. The van der Waals surface area contributed by atoms with E-state index in [1.807, 2.05) is 0 Å². The van der Waals surface area contributed by atoms with Gasteiger partial charge in [0, 0.05) is 12.3 Å². The lowest BCUT2D eigenvalue weighted by Gasteiger charge is -1.88. The van der Waals surface area contributed by atoms with Gasteiger partial charge in [0.25, 0.3) is 0 Å². The fourth-order valence-corrected chi connectivity index (χ4v) is 0.838. The molecule has 5 heteroatoms. The fraction of sp³-hybridized carbons (Fsp3) is 0. The lowest BCUT2D eigenvalue weighted by molar-refractivity contribution is 0.457. The van der Waals surface area contributed by atoms with Gasteiger partial charge in [0.05, 0.1) is 6.20 Å². The maximum absolute atomic E-state index is 12.4. The van der Waals surface area contributed by atoms with Crippen LogP contribution in [0.5, 0.6) is 5.88 Å². The molecule has 0 aliphatic rings. The summed E-state index contributed by atoms with van der Waals surface area (Å²) in [6.45, 7) is 0. The van der Waals surface area contributed by atoms with E-state index in [0.29, 0.717) is 0 Å². The third-order valence-corrected chi connectivity index (χ3v) is 1.28. The van der Waals surface area contributed by atoms with Crippen molar-refractivity contribution in [2.75, 3.05) is 0 Å². The minimum Gasteiger partial charge on any atom is -0.492 e. The summed E-state index contributed by atoms with van der Waals surface area (Å²) in [6.07, 6.45) is 2.78. The summed E-state index contributed by atoms with van der Waals surface area (Å²) in [5.41, 5.74) is 0. The van der Waals surface area contributed by atoms with Crippen LogP contribution in [0.1, 0.15) is 0 Å². The molecule has 2 aromatic heterocycles. The van der Waals surface area contributed by atoms with E-state index in [2.05, 4.69) is 9.97 Å². The van der Waals surface area contributed by atoms with Crippen LogP contribution in [0.4, 0.5) is 4.39 Å². The van der Waals surface area contributed by atoms with Crippen LogP contribution in [-0.4, -0.2) is 19.5 Å². The number of rotatable bonds is 0. The molecule has 4 nitrogen and oxygen atoms in total. The van der Waals surface area contributed by atoms with Crippen LogP contribution in [0, 0.1) is 5.95 Å². The highest BCUT2D eigenvalue weighted by molar-refractivity contribution is 5.31. The first-order valence-electron chi connectivity index (χ1n) is 2.96. The second-order valence-electron chi connectivity index (χ2n) is 2.06. The van der Waals surface area contributed by atoms with Gasteiger partial charge in [-0.25, -0.2) is 0 Å². The Hall–Kier alpha value is -1.65. The molecule has 0 amide bonds. The number of hydrogen-bond acceptors (Lipinski definition) is 3. The topological polar surface area (TPSA) is 50.4 Å². The number of hydrogen-bond donors (Lipinski definition) is 1. The summed E-state index contributed by atoms with van der Waals surface area (Å²) in [6, 6.07) is 1.19. The Labute approximate surface area is 60.9 Å². The highest BCUT2D eigenvalue weighted by atomic mass is 19.1. The van der Waals surface area contributed by atoms with Crippen LogP contribution in [0.3, 0.4) is 0 Å². The van der Waals surface area contributed by atoms with Gasteiger partial charge < -0.3 is 5.11 Å². The lowest BCUT2D eigenvalue weighted by atomic mass is 10.6. The molecule has 0 bridgehead atoms. The summed E-state index contributed by atoms with van der Waals surface area (Å²) < 4.78 is 13.8. The van der Waals surface area contributed by atoms with Crippen molar-refractivity contribution in [2.45, 2.75) is 0 Å². The summed E-state index contributed by atoms with van der Waals surface area (Å²) in [5.74, 6) is -0.617. The van der Waals surface area contributed by atoms with E-state index in [0.717, 1.165) is 0 Å². The van der Waals surface area contributed by atoms with Gasteiger partial charge in [-0.05, 0) is 0 Å². The SMILES string of the molecule is Oc1cn2ccc(F)nc2n1. The summed E-state index contributed by atoms with van der Waals surface area (Å²) in [4.78, 5) is 6.96. The maximum Gasteiger partial charge on any atom is 0.239 e. The first-order valence-corrected chi connectivity index (χ1v) is 2.96. The number of nitrogens with zero attached hydrogens (tertiary/aromatic N) is 3. The molecular weight excluding hydrogens is 149 g/mol. The van der Waals surface area contributed by atoms with Crippen molar-refractivity contribution in [3.8, 4) is 5.88 Å². The molecule has 11 heavy (non-hydrogen) atoms. The average Bonchev–Trinajstić information content (AvgIpc) is 2.27. The van der Waals surface area contributed by atoms with Crippen molar-refractivity contribution in [2.24, 2.45) is 0 Å². The third kappa shape index (κ3) is 0.899. The van der Waals surface area contributed by atoms with Crippen molar-refractivity contribution in [3.63, 3.8) is 0 Å². The minimum atomic E-state index is -0.608. The number of aromatic nitrogens is 3. The van der Waals surface area contributed by atoms with Gasteiger partial charge in [-0.3, -0.25) is 4.40 Å². The van der Waals surface area contributed by atoms with Crippen molar-refractivity contribution >= 4 is 5.78 Å². The zero-order chi connectivity index (χ0) is 7.84. The second-order valence-corrected chi connectivity index (χ2v) is 2.06. The Morgan fingerprint density at radius 2 is 2.27 bits per heavy atom. The number of aromatic hydroxyl groups is 1. The predicted octanol–water partition coefficient (Wildman–Crippen LogP) is 0.574. The number of fused-ring (bicyclic) bond motifs is 1. The van der Waals surface area contributed by atoms with Gasteiger partial charge in [-0.1, -0.05) is 0 Å². The average molecular weight is 153 g/mol. The van der Waals surface area contributed by atoms with E-state index < -0.39 is 5.95 Å². The van der Waals surface area contributed by atoms with E-state index in [1.54, 1.807) is 0 Å². The van der Waals surface area contributed by atoms with Crippen molar-refractivity contribution in [1.82, 2.24) is 14.4 Å². The Balaban J connectivity index is 2.82. The van der Waals surface area contributed by atoms with Gasteiger partial charge in [0.1, 0.15) is 0 Å². The van der Waals surface area contributed by atoms with Gasteiger partial charge in [-0.2, -0.15) is 14.4 Å². The normalized spacial score (nSPS) is 10.6. The van der Waals surface area contributed by atoms with E-state index in [4.69, 9.17) is 5.11 Å². The van der Waals surface area contributed by atoms with Crippen LogP contribution in [0.15, 0.2) is 18.5 Å². The largest absolute Gasteiger partial charge is 0.492 e. The van der Waals surface area contributed by atoms with Crippen molar-refractivity contribution < 1.29 is 9.50 Å². The number of halogens is 1. The molecule has 0 saturated carbocycles. The highest BCUT2D eigenvalue weighted by Crippen LogP contribution is 2.07.